The fraction of sp³-hybridized carbons (Fsp3) is 0.733. The van der Waals surface area contributed by atoms with Crippen molar-refractivity contribution in [2.45, 2.75) is 52.7 Å². The summed E-state index contributed by atoms with van der Waals surface area (Å²) in [6.07, 6.45) is 4.66. The molecule has 1 fully saturated rings. The van der Waals surface area contributed by atoms with E-state index in [-0.39, 0.29) is 0 Å². The molecule has 0 atom stereocenters. The van der Waals surface area contributed by atoms with Crippen LogP contribution in [0.5, 0.6) is 0 Å². The van der Waals surface area contributed by atoms with Crippen LogP contribution >= 0.6 is 0 Å². The molecule has 1 N–H and O–H groups in total. The second-order valence-corrected chi connectivity index (χ2v) is 5.68. The summed E-state index contributed by atoms with van der Waals surface area (Å²) in [5.74, 6) is 2.05. The van der Waals surface area contributed by atoms with Gasteiger partial charge in [0, 0.05) is 24.7 Å². The first-order chi connectivity index (χ1) is 8.69. The van der Waals surface area contributed by atoms with Crippen molar-refractivity contribution in [2.75, 3.05) is 13.1 Å². The third-order valence-electron chi connectivity index (χ3n) is 3.56. The Kier molecular flexibility index (Phi) is 4.84. The molecule has 0 aliphatic heterocycles. The molecule has 0 bridgehead atoms. The van der Waals surface area contributed by atoms with Crippen LogP contribution in [0.1, 0.15) is 44.9 Å². The van der Waals surface area contributed by atoms with E-state index in [4.69, 9.17) is 4.42 Å². The fourth-order valence-electron chi connectivity index (χ4n) is 2.17. The van der Waals surface area contributed by atoms with Crippen molar-refractivity contribution in [3.8, 4) is 0 Å². The lowest BCUT2D eigenvalue weighted by Crippen LogP contribution is -2.26. The second kappa shape index (κ2) is 6.39. The summed E-state index contributed by atoms with van der Waals surface area (Å²) in [6, 6.07) is 2.61. The Morgan fingerprint density at radius 1 is 1.44 bits per heavy atom. The average Bonchev–Trinajstić information content (AvgIpc) is 3.04. The van der Waals surface area contributed by atoms with Gasteiger partial charge in [-0.15, -0.1) is 0 Å². The van der Waals surface area contributed by atoms with Crippen molar-refractivity contribution in [3.63, 3.8) is 0 Å². The van der Waals surface area contributed by atoms with Gasteiger partial charge in [-0.2, -0.15) is 0 Å². The summed E-state index contributed by atoms with van der Waals surface area (Å²) in [7, 11) is 0. The summed E-state index contributed by atoms with van der Waals surface area (Å²) in [4.78, 5) is 2.53. The highest BCUT2D eigenvalue weighted by molar-refractivity contribution is 5.17. The molecule has 1 aliphatic rings. The van der Waals surface area contributed by atoms with Gasteiger partial charge in [-0.3, -0.25) is 4.90 Å². The fourth-order valence-corrected chi connectivity index (χ4v) is 2.17. The monoisotopic (exact) mass is 250 g/mol. The Bertz CT molecular complexity index is 355. The molecule has 2 rings (SSSR count). The lowest BCUT2D eigenvalue weighted by Gasteiger charge is -2.20. The first-order valence-corrected chi connectivity index (χ1v) is 7.20. The summed E-state index contributed by atoms with van der Waals surface area (Å²) in [6.45, 7) is 10.8. The molecule has 0 saturated heterocycles. The van der Waals surface area contributed by atoms with Gasteiger partial charge in [-0.1, -0.05) is 20.8 Å². The largest absolute Gasteiger partial charge is 0.468 e. The van der Waals surface area contributed by atoms with E-state index < -0.39 is 0 Å². The van der Waals surface area contributed by atoms with Crippen LogP contribution in [0.25, 0.3) is 0 Å². The van der Waals surface area contributed by atoms with Gasteiger partial charge in [-0.25, -0.2) is 0 Å². The van der Waals surface area contributed by atoms with Crippen molar-refractivity contribution >= 4 is 0 Å². The molecule has 1 aliphatic carbocycles. The Hall–Kier alpha value is -0.800. The molecule has 102 valence electrons. The van der Waals surface area contributed by atoms with Crippen molar-refractivity contribution in [1.29, 1.82) is 0 Å². The molecule has 3 nitrogen and oxygen atoms in total. The molecule has 1 aromatic rings. The molecule has 3 heteroatoms. The van der Waals surface area contributed by atoms with Crippen LogP contribution in [0, 0.1) is 5.92 Å². The Balaban J connectivity index is 1.88. The zero-order valence-electron chi connectivity index (χ0n) is 11.9. The van der Waals surface area contributed by atoms with Crippen LogP contribution in [0.3, 0.4) is 0 Å². The van der Waals surface area contributed by atoms with Crippen molar-refractivity contribution in [1.82, 2.24) is 10.2 Å². The minimum Gasteiger partial charge on any atom is -0.468 e. The maximum atomic E-state index is 5.59. The second-order valence-electron chi connectivity index (χ2n) is 5.68. The van der Waals surface area contributed by atoms with Crippen LogP contribution in [0.15, 0.2) is 16.7 Å². The number of nitrogens with one attached hydrogen (secondary N) is 1. The molecule has 0 amide bonds. The lowest BCUT2D eigenvalue weighted by molar-refractivity contribution is 0.265. The number of hydrogen-bond donors (Lipinski definition) is 1. The highest BCUT2D eigenvalue weighted by Crippen LogP contribution is 2.30. The predicted octanol–water partition coefficient (Wildman–Crippen LogP) is 3.01. The predicted molar refractivity (Wildman–Crippen MR) is 74.4 cm³/mol. The van der Waals surface area contributed by atoms with Crippen molar-refractivity contribution < 1.29 is 4.42 Å². The Labute approximate surface area is 111 Å². The highest BCUT2D eigenvalue weighted by atomic mass is 16.3. The molecular weight excluding hydrogens is 224 g/mol. The third-order valence-corrected chi connectivity index (χ3v) is 3.56. The zero-order chi connectivity index (χ0) is 13.0. The van der Waals surface area contributed by atoms with Gasteiger partial charge in [-0.05, 0) is 31.4 Å². The van der Waals surface area contributed by atoms with E-state index in [0.29, 0.717) is 6.04 Å². The van der Waals surface area contributed by atoms with Gasteiger partial charge in [0.1, 0.15) is 5.76 Å². The van der Waals surface area contributed by atoms with Crippen LogP contribution in [-0.4, -0.2) is 24.0 Å². The van der Waals surface area contributed by atoms with Gasteiger partial charge in [0.15, 0.2) is 0 Å². The third kappa shape index (κ3) is 4.14. The molecule has 1 saturated carbocycles. The van der Waals surface area contributed by atoms with Gasteiger partial charge in [0.05, 0.1) is 12.8 Å². The standard InChI is InChI=1S/C15H26N2O/c1-4-17(10-13-5-6-13)11-14-7-8-18-15(14)9-16-12(2)3/h7-8,12-13,16H,4-6,9-11H2,1-3H3. The Morgan fingerprint density at radius 2 is 2.22 bits per heavy atom. The van der Waals surface area contributed by atoms with Crippen LogP contribution in [-0.2, 0) is 13.1 Å². The number of hydrogen-bond acceptors (Lipinski definition) is 3. The number of nitrogens with zero attached hydrogens (tertiary/aromatic N) is 1. The molecule has 0 aromatic carbocycles. The van der Waals surface area contributed by atoms with Crippen molar-refractivity contribution in [2.24, 2.45) is 5.92 Å². The number of rotatable bonds is 8. The van der Waals surface area contributed by atoms with Crippen molar-refractivity contribution in [3.05, 3.63) is 23.7 Å². The van der Waals surface area contributed by atoms with E-state index in [2.05, 4.69) is 37.1 Å². The maximum Gasteiger partial charge on any atom is 0.122 e. The average molecular weight is 250 g/mol. The SMILES string of the molecule is CCN(Cc1ccoc1CNC(C)C)CC1CC1. The van der Waals surface area contributed by atoms with Gasteiger partial charge < -0.3 is 9.73 Å². The maximum absolute atomic E-state index is 5.59. The van der Waals surface area contributed by atoms with Gasteiger partial charge in [0.2, 0.25) is 0 Å². The van der Waals surface area contributed by atoms with E-state index in [1.165, 1.54) is 24.9 Å². The quantitative estimate of drug-likeness (QED) is 0.769. The van der Waals surface area contributed by atoms with Gasteiger partial charge >= 0.3 is 0 Å². The molecule has 18 heavy (non-hydrogen) atoms. The van der Waals surface area contributed by atoms with Gasteiger partial charge in [0.25, 0.3) is 0 Å². The van der Waals surface area contributed by atoms with E-state index >= 15 is 0 Å². The minimum absolute atomic E-state index is 0.497. The van der Waals surface area contributed by atoms with E-state index in [9.17, 15) is 0 Å². The molecular formula is C15H26N2O. The summed E-state index contributed by atoms with van der Waals surface area (Å²) < 4.78 is 5.59. The van der Waals surface area contributed by atoms with E-state index in [0.717, 1.165) is 31.3 Å². The Morgan fingerprint density at radius 3 is 2.83 bits per heavy atom. The highest BCUT2D eigenvalue weighted by Gasteiger charge is 2.24. The molecule has 0 spiro atoms. The first kappa shape index (κ1) is 13.6. The number of furan rings is 1. The summed E-state index contributed by atoms with van der Waals surface area (Å²) in [5.41, 5.74) is 1.34. The van der Waals surface area contributed by atoms with Crippen LogP contribution < -0.4 is 5.32 Å². The molecule has 1 aromatic heterocycles. The summed E-state index contributed by atoms with van der Waals surface area (Å²) >= 11 is 0. The van der Waals surface area contributed by atoms with Crippen LogP contribution in [0.2, 0.25) is 0 Å². The van der Waals surface area contributed by atoms with E-state index in [1.807, 2.05) is 6.26 Å². The summed E-state index contributed by atoms with van der Waals surface area (Å²) in [5, 5.41) is 3.42. The van der Waals surface area contributed by atoms with E-state index in [1.54, 1.807) is 0 Å². The first-order valence-electron chi connectivity index (χ1n) is 7.20. The minimum atomic E-state index is 0.497. The van der Waals surface area contributed by atoms with Crippen LogP contribution in [0.4, 0.5) is 0 Å². The molecule has 0 radical (unpaired) electrons. The normalized spacial score (nSPS) is 15.8. The zero-order valence-corrected chi connectivity index (χ0v) is 11.9. The lowest BCUT2D eigenvalue weighted by atomic mass is 10.2. The smallest absolute Gasteiger partial charge is 0.122 e. The molecule has 1 heterocycles. The molecule has 0 unspecified atom stereocenters. The topological polar surface area (TPSA) is 28.4 Å².